The lowest BCUT2D eigenvalue weighted by Gasteiger charge is -2.32. The molecular weight excluding hydrogens is 314 g/mol. The third-order valence-corrected chi connectivity index (χ3v) is 4.40. The summed E-state index contributed by atoms with van der Waals surface area (Å²) in [6.45, 7) is 5.95. The van der Waals surface area contributed by atoms with Gasteiger partial charge in [0.2, 0.25) is 5.91 Å². The van der Waals surface area contributed by atoms with Crippen molar-refractivity contribution in [3.05, 3.63) is 35.4 Å². The number of hydrogen-bond donors (Lipinski definition) is 1. The Bertz CT molecular complexity index is 561. The van der Waals surface area contributed by atoms with Gasteiger partial charge in [-0.3, -0.25) is 9.59 Å². The van der Waals surface area contributed by atoms with Gasteiger partial charge in [-0.2, -0.15) is 0 Å². The fourth-order valence-corrected chi connectivity index (χ4v) is 3.14. The van der Waals surface area contributed by atoms with Gasteiger partial charge in [-0.05, 0) is 31.0 Å². The number of likely N-dealkylation sites (tertiary alicyclic amines) is 1. The first-order valence-corrected chi connectivity index (χ1v) is 8.03. The van der Waals surface area contributed by atoms with Crippen LogP contribution >= 0.6 is 12.4 Å². The maximum atomic E-state index is 12.5. The molecule has 1 unspecified atom stereocenters. The third-order valence-electron chi connectivity index (χ3n) is 4.40. The van der Waals surface area contributed by atoms with Crippen molar-refractivity contribution < 1.29 is 9.59 Å². The summed E-state index contributed by atoms with van der Waals surface area (Å²) in [5.74, 6) is 0.326. The Kier molecular flexibility index (Phi) is 6.02. The monoisotopic (exact) mass is 337 g/mol. The van der Waals surface area contributed by atoms with Gasteiger partial charge in [-0.1, -0.05) is 12.1 Å². The Balaban J connectivity index is 0.00000192. The van der Waals surface area contributed by atoms with Gasteiger partial charge in [0.25, 0.3) is 5.91 Å². The summed E-state index contributed by atoms with van der Waals surface area (Å²) in [4.78, 5) is 27.9. The summed E-state index contributed by atoms with van der Waals surface area (Å²) in [5.41, 5.74) is 1.81. The van der Waals surface area contributed by atoms with Crippen LogP contribution in [0.1, 0.15) is 35.7 Å². The molecule has 126 valence electrons. The lowest BCUT2D eigenvalue weighted by atomic mass is 10.1. The molecule has 0 spiro atoms. The van der Waals surface area contributed by atoms with Crippen molar-refractivity contribution in [1.82, 2.24) is 15.1 Å². The summed E-state index contributed by atoms with van der Waals surface area (Å²) >= 11 is 0. The Morgan fingerprint density at radius 3 is 2.61 bits per heavy atom. The molecule has 2 saturated heterocycles. The molecule has 0 saturated carbocycles. The molecule has 0 bridgehead atoms. The van der Waals surface area contributed by atoms with Crippen molar-refractivity contribution >= 4 is 24.2 Å². The van der Waals surface area contributed by atoms with Crippen molar-refractivity contribution in [2.75, 3.05) is 26.2 Å². The van der Waals surface area contributed by atoms with Crippen LogP contribution < -0.4 is 5.32 Å². The highest BCUT2D eigenvalue weighted by atomic mass is 35.5. The predicted molar refractivity (Wildman–Crippen MR) is 91.7 cm³/mol. The second kappa shape index (κ2) is 7.79. The van der Waals surface area contributed by atoms with Gasteiger partial charge in [0.15, 0.2) is 0 Å². The molecule has 1 aromatic carbocycles. The molecule has 3 rings (SSSR count). The Morgan fingerprint density at radius 2 is 2.00 bits per heavy atom. The smallest absolute Gasteiger partial charge is 0.253 e. The van der Waals surface area contributed by atoms with Crippen LogP contribution in [0.3, 0.4) is 0 Å². The van der Waals surface area contributed by atoms with E-state index in [-0.39, 0.29) is 24.2 Å². The lowest BCUT2D eigenvalue weighted by Crippen LogP contribution is -2.51. The minimum atomic E-state index is 0. The van der Waals surface area contributed by atoms with E-state index in [9.17, 15) is 9.59 Å². The van der Waals surface area contributed by atoms with E-state index >= 15 is 0 Å². The van der Waals surface area contributed by atoms with Crippen LogP contribution in [0, 0.1) is 0 Å². The topological polar surface area (TPSA) is 52.7 Å². The van der Waals surface area contributed by atoms with E-state index in [1.54, 1.807) is 0 Å². The van der Waals surface area contributed by atoms with Crippen LogP contribution in [-0.4, -0.2) is 53.8 Å². The highest BCUT2D eigenvalue weighted by Gasteiger charge is 2.22. The molecular formula is C17H24ClN3O2. The molecule has 0 aromatic heterocycles. The van der Waals surface area contributed by atoms with Gasteiger partial charge in [0.05, 0.1) is 0 Å². The van der Waals surface area contributed by atoms with Crippen LogP contribution in [-0.2, 0) is 11.3 Å². The molecule has 0 aliphatic carbocycles. The van der Waals surface area contributed by atoms with E-state index in [1.807, 2.05) is 34.1 Å². The minimum absolute atomic E-state index is 0. The number of piperazine rings is 1. The maximum Gasteiger partial charge on any atom is 0.253 e. The zero-order valence-electron chi connectivity index (χ0n) is 13.5. The van der Waals surface area contributed by atoms with E-state index in [4.69, 9.17) is 0 Å². The standard InChI is InChI=1S/C17H23N3O2.ClH/c1-13-11-20(10-8-18-13)17(22)15-6-4-14(5-7-15)12-19-9-2-3-16(19)21;/h4-7,13,18H,2-3,8-12H2,1H3;1H. The molecule has 0 radical (unpaired) electrons. The summed E-state index contributed by atoms with van der Waals surface area (Å²) in [6, 6.07) is 8.03. The average molecular weight is 338 g/mol. The number of hydrogen-bond acceptors (Lipinski definition) is 3. The quantitative estimate of drug-likeness (QED) is 0.912. The number of benzene rings is 1. The Morgan fingerprint density at radius 1 is 1.26 bits per heavy atom. The van der Waals surface area contributed by atoms with Gasteiger partial charge < -0.3 is 15.1 Å². The molecule has 2 heterocycles. The molecule has 5 nitrogen and oxygen atoms in total. The average Bonchev–Trinajstić information content (AvgIpc) is 2.92. The van der Waals surface area contributed by atoms with Gasteiger partial charge in [0.1, 0.15) is 0 Å². The minimum Gasteiger partial charge on any atom is -0.338 e. The lowest BCUT2D eigenvalue weighted by molar-refractivity contribution is -0.128. The summed E-state index contributed by atoms with van der Waals surface area (Å²) < 4.78 is 0. The van der Waals surface area contributed by atoms with Crippen LogP contribution in [0.15, 0.2) is 24.3 Å². The zero-order chi connectivity index (χ0) is 15.5. The fraction of sp³-hybridized carbons (Fsp3) is 0.529. The molecule has 23 heavy (non-hydrogen) atoms. The van der Waals surface area contributed by atoms with Gasteiger partial charge >= 0.3 is 0 Å². The normalized spacial score (nSPS) is 21.3. The number of nitrogens with one attached hydrogen (secondary N) is 1. The number of carbonyl (C=O) groups is 2. The fourth-order valence-electron chi connectivity index (χ4n) is 3.14. The molecule has 1 atom stereocenters. The van der Waals surface area contributed by atoms with Crippen LogP contribution in [0.4, 0.5) is 0 Å². The second-order valence-electron chi connectivity index (χ2n) is 6.22. The summed E-state index contributed by atoms with van der Waals surface area (Å²) in [6.07, 6.45) is 1.62. The van der Waals surface area contributed by atoms with Crippen LogP contribution in [0.5, 0.6) is 0 Å². The maximum absolute atomic E-state index is 12.5. The van der Waals surface area contributed by atoms with E-state index in [0.717, 1.165) is 43.7 Å². The van der Waals surface area contributed by atoms with Crippen LogP contribution in [0.25, 0.3) is 0 Å². The number of nitrogens with zero attached hydrogens (tertiary/aromatic N) is 2. The SMILES string of the molecule is CC1CN(C(=O)c2ccc(CN3CCCC3=O)cc2)CCN1.Cl. The summed E-state index contributed by atoms with van der Waals surface area (Å²) in [5, 5.41) is 3.34. The molecule has 2 aliphatic rings. The van der Waals surface area contributed by atoms with Crippen molar-refractivity contribution in [3.63, 3.8) is 0 Å². The van der Waals surface area contributed by atoms with E-state index in [0.29, 0.717) is 19.0 Å². The van der Waals surface area contributed by atoms with Crippen LogP contribution in [0.2, 0.25) is 0 Å². The molecule has 2 amide bonds. The number of amides is 2. The number of halogens is 1. The first-order valence-electron chi connectivity index (χ1n) is 8.03. The number of carbonyl (C=O) groups excluding carboxylic acids is 2. The molecule has 6 heteroatoms. The zero-order valence-corrected chi connectivity index (χ0v) is 14.3. The highest BCUT2D eigenvalue weighted by molar-refractivity contribution is 5.94. The molecule has 2 fully saturated rings. The third kappa shape index (κ3) is 4.24. The van der Waals surface area contributed by atoms with Crippen molar-refractivity contribution in [3.8, 4) is 0 Å². The van der Waals surface area contributed by atoms with E-state index in [1.165, 1.54) is 0 Å². The van der Waals surface area contributed by atoms with Gasteiger partial charge in [-0.25, -0.2) is 0 Å². The largest absolute Gasteiger partial charge is 0.338 e. The molecule has 2 aliphatic heterocycles. The first-order chi connectivity index (χ1) is 10.6. The highest BCUT2D eigenvalue weighted by Crippen LogP contribution is 2.15. The van der Waals surface area contributed by atoms with Gasteiger partial charge in [0, 0.05) is 50.7 Å². The predicted octanol–water partition coefficient (Wildman–Crippen LogP) is 1.66. The van der Waals surface area contributed by atoms with Crippen molar-refractivity contribution in [1.29, 1.82) is 0 Å². The summed E-state index contributed by atoms with van der Waals surface area (Å²) in [7, 11) is 0. The van der Waals surface area contributed by atoms with Gasteiger partial charge in [-0.15, -0.1) is 12.4 Å². The van der Waals surface area contributed by atoms with E-state index in [2.05, 4.69) is 12.2 Å². The van der Waals surface area contributed by atoms with E-state index < -0.39 is 0 Å². The molecule has 1 aromatic rings. The van der Waals surface area contributed by atoms with Crippen molar-refractivity contribution in [2.24, 2.45) is 0 Å². The number of rotatable bonds is 3. The first kappa shape index (κ1) is 17.8. The Hall–Kier alpha value is -1.59. The Labute approximate surface area is 143 Å². The van der Waals surface area contributed by atoms with Crippen molar-refractivity contribution in [2.45, 2.75) is 32.4 Å². The second-order valence-corrected chi connectivity index (χ2v) is 6.22. The molecule has 1 N–H and O–H groups in total.